The Balaban J connectivity index is 2.45. The third kappa shape index (κ3) is 2.80. The molecule has 1 aromatic carbocycles. The fourth-order valence-electron chi connectivity index (χ4n) is 2.09. The molecule has 0 saturated heterocycles. The van der Waals surface area contributed by atoms with E-state index in [1.165, 1.54) is 11.6 Å². The van der Waals surface area contributed by atoms with Crippen molar-refractivity contribution < 1.29 is 0 Å². The first-order valence-corrected chi connectivity index (χ1v) is 5.86. The van der Waals surface area contributed by atoms with Gasteiger partial charge in [0.05, 0.1) is 0 Å². The number of nitriles is 1. The lowest BCUT2D eigenvalue weighted by Crippen LogP contribution is -2.14. The zero-order valence-electron chi connectivity index (χ0n) is 11.0. The third-order valence-electron chi connectivity index (χ3n) is 2.80. The molecule has 0 amide bonds. The third-order valence-corrected chi connectivity index (χ3v) is 2.80. The van der Waals surface area contributed by atoms with Gasteiger partial charge in [0.1, 0.15) is 17.6 Å². The number of aryl methyl sites for hydroxylation is 3. The standard InChI is InChI=1S/C14H14N4O/c1-8-4-9(2)13(10(3)5-8)17-12-6-11(7-15)16-14(19)18-12/h4-6H,1-3H3,(H2,16,17,18,19). The summed E-state index contributed by atoms with van der Waals surface area (Å²) in [4.78, 5) is 17.5. The van der Waals surface area contributed by atoms with Gasteiger partial charge in [0.2, 0.25) is 0 Å². The number of aromatic nitrogens is 2. The average molecular weight is 254 g/mol. The minimum Gasteiger partial charge on any atom is -0.340 e. The molecular weight excluding hydrogens is 240 g/mol. The Morgan fingerprint density at radius 3 is 2.42 bits per heavy atom. The first kappa shape index (κ1) is 12.8. The zero-order chi connectivity index (χ0) is 14.0. The van der Waals surface area contributed by atoms with E-state index in [-0.39, 0.29) is 5.69 Å². The van der Waals surface area contributed by atoms with E-state index in [9.17, 15) is 4.79 Å². The van der Waals surface area contributed by atoms with Crippen molar-refractivity contribution in [3.05, 3.63) is 51.1 Å². The Bertz CT molecular complexity index is 702. The molecule has 0 spiro atoms. The topological polar surface area (TPSA) is 81.6 Å². The van der Waals surface area contributed by atoms with Crippen LogP contribution in [0.1, 0.15) is 22.4 Å². The molecule has 0 radical (unpaired) electrons. The van der Waals surface area contributed by atoms with Crippen molar-refractivity contribution in [2.75, 3.05) is 5.32 Å². The number of aromatic amines is 1. The van der Waals surface area contributed by atoms with Crippen LogP contribution in [0.15, 0.2) is 23.0 Å². The number of nitrogens with zero attached hydrogens (tertiary/aromatic N) is 2. The number of hydrogen-bond acceptors (Lipinski definition) is 4. The van der Waals surface area contributed by atoms with Crippen LogP contribution >= 0.6 is 0 Å². The van der Waals surface area contributed by atoms with Gasteiger partial charge in [-0.05, 0) is 31.9 Å². The molecular formula is C14H14N4O. The number of nitrogens with one attached hydrogen (secondary N) is 2. The summed E-state index contributed by atoms with van der Waals surface area (Å²) in [6.07, 6.45) is 0. The minimum absolute atomic E-state index is 0.185. The number of hydrogen-bond donors (Lipinski definition) is 2. The maximum absolute atomic E-state index is 11.3. The van der Waals surface area contributed by atoms with Gasteiger partial charge in [-0.2, -0.15) is 10.2 Å². The van der Waals surface area contributed by atoms with Crippen molar-refractivity contribution in [2.24, 2.45) is 0 Å². The van der Waals surface area contributed by atoms with Crippen molar-refractivity contribution in [3.8, 4) is 6.07 Å². The Morgan fingerprint density at radius 1 is 1.21 bits per heavy atom. The molecule has 1 heterocycles. The van der Waals surface area contributed by atoms with E-state index < -0.39 is 5.69 Å². The maximum Gasteiger partial charge on any atom is 0.347 e. The van der Waals surface area contributed by atoms with E-state index in [4.69, 9.17) is 5.26 Å². The highest BCUT2D eigenvalue weighted by Crippen LogP contribution is 2.24. The van der Waals surface area contributed by atoms with Gasteiger partial charge in [-0.15, -0.1) is 0 Å². The van der Waals surface area contributed by atoms with Gasteiger partial charge in [0.25, 0.3) is 0 Å². The van der Waals surface area contributed by atoms with Crippen LogP contribution in [0.5, 0.6) is 0 Å². The molecule has 0 saturated carbocycles. The fourth-order valence-corrected chi connectivity index (χ4v) is 2.09. The van der Waals surface area contributed by atoms with Crippen LogP contribution in [-0.2, 0) is 0 Å². The van der Waals surface area contributed by atoms with Crippen molar-refractivity contribution in [1.29, 1.82) is 5.26 Å². The van der Waals surface area contributed by atoms with E-state index >= 15 is 0 Å². The molecule has 0 aliphatic carbocycles. The van der Waals surface area contributed by atoms with E-state index in [0.29, 0.717) is 5.82 Å². The lowest BCUT2D eigenvalue weighted by molar-refractivity contribution is 1.06. The highest BCUT2D eigenvalue weighted by atomic mass is 16.1. The summed E-state index contributed by atoms with van der Waals surface area (Å²) in [6.45, 7) is 6.00. The predicted molar refractivity (Wildman–Crippen MR) is 73.5 cm³/mol. The quantitative estimate of drug-likeness (QED) is 0.861. The summed E-state index contributed by atoms with van der Waals surface area (Å²) in [5.41, 5.74) is 3.87. The highest BCUT2D eigenvalue weighted by Gasteiger charge is 2.06. The van der Waals surface area contributed by atoms with Crippen molar-refractivity contribution in [1.82, 2.24) is 9.97 Å². The van der Waals surface area contributed by atoms with Crippen LogP contribution < -0.4 is 11.0 Å². The first-order chi connectivity index (χ1) is 8.99. The molecule has 1 aromatic heterocycles. The molecule has 0 aliphatic heterocycles. The molecule has 2 aromatic rings. The van der Waals surface area contributed by atoms with Gasteiger partial charge in [-0.1, -0.05) is 17.7 Å². The van der Waals surface area contributed by atoms with E-state index in [2.05, 4.69) is 15.3 Å². The second-order valence-corrected chi connectivity index (χ2v) is 4.50. The van der Waals surface area contributed by atoms with Crippen LogP contribution in [0.25, 0.3) is 0 Å². The molecule has 5 heteroatoms. The summed E-state index contributed by atoms with van der Waals surface area (Å²) >= 11 is 0. The molecule has 19 heavy (non-hydrogen) atoms. The normalized spacial score (nSPS) is 10.0. The molecule has 0 fully saturated rings. The summed E-state index contributed by atoms with van der Waals surface area (Å²) < 4.78 is 0. The van der Waals surface area contributed by atoms with E-state index in [1.54, 1.807) is 0 Å². The van der Waals surface area contributed by atoms with Gasteiger partial charge < -0.3 is 5.32 Å². The Hall–Kier alpha value is -2.61. The van der Waals surface area contributed by atoms with Crippen LogP contribution in [0.3, 0.4) is 0 Å². The number of anilines is 2. The predicted octanol–water partition coefficient (Wildman–Crippen LogP) is 2.31. The largest absolute Gasteiger partial charge is 0.347 e. The Morgan fingerprint density at radius 2 is 1.84 bits per heavy atom. The molecule has 2 N–H and O–H groups in total. The van der Waals surface area contributed by atoms with E-state index in [0.717, 1.165) is 16.8 Å². The van der Waals surface area contributed by atoms with Crippen LogP contribution in [0, 0.1) is 32.1 Å². The summed E-state index contributed by atoms with van der Waals surface area (Å²) in [5, 5.41) is 11.9. The molecule has 0 aliphatic rings. The van der Waals surface area contributed by atoms with Gasteiger partial charge in [0, 0.05) is 11.8 Å². The molecule has 2 rings (SSSR count). The second kappa shape index (κ2) is 4.94. The average Bonchev–Trinajstić information content (AvgIpc) is 2.33. The molecule has 5 nitrogen and oxygen atoms in total. The SMILES string of the molecule is Cc1cc(C)c(Nc2cc(C#N)[nH]c(=O)n2)c(C)c1. The number of benzene rings is 1. The van der Waals surface area contributed by atoms with Crippen molar-refractivity contribution in [2.45, 2.75) is 20.8 Å². The Kier molecular flexibility index (Phi) is 3.34. The molecule has 96 valence electrons. The van der Waals surface area contributed by atoms with Gasteiger partial charge in [-0.25, -0.2) is 4.79 Å². The maximum atomic E-state index is 11.3. The van der Waals surface area contributed by atoms with Crippen LogP contribution in [0.4, 0.5) is 11.5 Å². The van der Waals surface area contributed by atoms with Gasteiger partial charge in [0.15, 0.2) is 0 Å². The zero-order valence-corrected chi connectivity index (χ0v) is 11.0. The monoisotopic (exact) mass is 254 g/mol. The summed E-state index contributed by atoms with van der Waals surface area (Å²) in [5.74, 6) is 0.371. The first-order valence-electron chi connectivity index (χ1n) is 5.86. The number of rotatable bonds is 2. The van der Waals surface area contributed by atoms with Crippen LogP contribution in [0.2, 0.25) is 0 Å². The highest BCUT2D eigenvalue weighted by molar-refractivity contribution is 5.65. The summed E-state index contributed by atoms with van der Waals surface area (Å²) in [6, 6.07) is 7.51. The van der Waals surface area contributed by atoms with Crippen molar-refractivity contribution >= 4 is 11.5 Å². The lowest BCUT2D eigenvalue weighted by Gasteiger charge is -2.13. The molecule has 0 bridgehead atoms. The second-order valence-electron chi connectivity index (χ2n) is 4.50. The smallest absolute Gasteiger partial charge is 0.340 e. The van der Waals surface area contributed by atoms with Gasteiger partial charge in [-0.3, -0.25) is 4.98 Å². The number of H-pyrrole nitrogens is 1. The fraction of sp³-hybridized carbons (Fsp3) is 0.214. The molecule has 0 atom stereocenters. The van der Waals surface area contributed by atoms with Gasteiger partial charge >= 0.3 is 5.69 Å². The van der Waals surface area contributed by atoms with Crippen molar-refractivity contribution in [3.63, 3.8) is 0 Å². The minimum atomic E-state index is -0.538. The van der Waals surface area contributed by atoms with Crippen LogP contribution in [-0.4, -0.2) is 9.97 Å². The Labute approximate surface area is 110 Å². The summed E-state index contributed by atoms with van der Waals surface area (Å²) in [7, 11) is 0. The lowest BCUT2D eigenvalue weighted by atomic mass is 10.1. The molecule has 0 unspecified atom stereocenters. The van der Waals surface area contributed by atoms with E-state index in [1.807, 2.05) is 39.0 Å².